The fraction of sp³-hybridized carbons (Fsp3) is 0.176. The summed E-state index contributed by atoms with van der Waals surface area (Å²) in [4.78, 5) is 12.2. The minimum absolute atomic E-state index is 0.430. The summed E-state index contributed by atoms with van der Waals surface area (Å²) in [5.41, 5.74) is 2.51. The molecule has 0 heterocycles. The highest BCUT2D eigenvalue weighted by Gasteiger charge is 2.21. The molecule has 1 unspecified atom stereocenters. The number of thioether (sulfide) groups is 1. The number of benzene rings is 2. The standard InChI is InChI=1S/C17H15NO2S/c1-12-7-8-14(11-18)15(9-12)21-16(17(19)20)10-13-5-3-2-4-6-13/h2-9,16H,10H2,1H3,(H,19,20). The predicted molar refractivity (Wildman–Crippen MR) is 83.3 cm³/mol. The van der Waals surface area contributed by atoms with Crippen molar-refractivity contribution < 1.29 is 9.90 Å². The number of nitrogens with zero attached hydrogens (tertiary/aromatic N) is 1. The summed E-state index contributed by atoms with van der Waals surface area (Å²) >= 11 is 1.23. The monoisotopic (exact) mass is 297 g/mol. The van der Waals surface area contributed by atoms with E-state index in [4.69, 9.17) is 5.26 Å². The van der Waals surface area contributed by atoms with Crippen LogP contribution >= 0.6 is 11.8 Å². The second-order valence-electron chi connectivity index (χ2n) is 4.75. The molecule has 2 aromatic carbocycles. The second kappa shape index (κ2) is 6.96. The lowest BCUT2D eigenvalue weighted by Gasteiger charge is -2.13. The molecule has 0 saturated carbocycles. The number of nitriles is 1. The summed E-state index contributed by atoms with van der Waals surface area (Å²) in [5.74, 6) is -0.866. The maximum Gasteiger partial charge on any atom is 0.317 e. The third-order valence-electron chi connectivity index (χ3n) is 3.07. The molecule has 0 fully saturated rings. The number of carbonyl (C=O) groups is 1. The number of hydrogen-bond acceptors (Lipinski definition) is 3. The minimum Gasteiger partial charge on any atom is -0.480 e. The van der Waals surface area contributed by atoms with Crippen molar-refractivity contribution in [3.05, 3.63) is 65.2 Å². The van der Waals surface area contributed by atoms with Gasteiger partial charge < -0.3 is 5.11 Å². The van der Waals surface area contributed by atoms with Crippen molar-refractivity contribution in [2.45, 2.75) is 23.5 Å². The molecule has 0 aromatic heterocycles. The van der Waals surface area contributed by atoms with E-state index in [2.05, 4.69) is 6.07 Å². The predicted octanol–water partition coefficient (Wildman–Crippen LogP) is 3.65. The van der Waals surface area contributed by atoms with Gasteiger partial charge in [0.05, 0.1) is 5.56 Å². The van der Waals surface area contributed by atoms with Gasteiger partial charge in [0.15, 0.2) is 0 Å². The van der Waals surface area contributed by atoms with Gasteiger partial charge >= 0.3 is 5.97 Å². The number of rotatable bonds is 5. The zero-order valence-electron chi connectivity index (χ0n) is 11.6. The fourth-order valence-electron chi connectivity index (χ4n) is 1.98. The van der Waals surface area contributed by atoms with Gasteiger partial charge in [0, 0.05) is 4.90 Å². The lowest BCUT2D eigenvalue weighted by molar-refractivity contribution is -0.136. The van der Waals surface area contributed by atoms with Gasteiger partial charge in [-0.15, -0.1) is 11.8 Å². The first-order valence-electron chi connectivity index (χ1n) is 6.54. The third-order valence-corrected chi connectivity index (χ3v) is 4.31. The highest BCUT2D eigenvalue weighted by molar-refractivity contribution is 8.00. The summed E-state index contributed by atoms with van der Waals surface area (Å²) in [7, 11) is 0. The first-order valence-corrected chi connectivity index (χ1v) is 7.42. The zero-order valence-corrected chi connectivity index (χ0v) is 12.4. The van der Waals surface area contributed by atoms with E-state index >= 15 is 0 Å². The summed E-state index contributed by atoms with van der Waals surface area (Å²) in [6, 6.07) is 17.1. The molecule has 0 saturated heterocycles. The Morgan fingerprint density at radius 1 is 1.29 bits per heavy atom. The van der Waals surface area contributed by atoms with Gasteiger partial charge in [-0.2, -0.15) is 5.26 Å². The van der Waals surface area contributed by atoms with Crippen LogP contribution in [0.1, 0.15) is 16.7 Å². The van der Waals surface area contributed by atoms with Crippen molar-refractivity contribution in [3.8, 4) is 6.07 Å². The number of carboxylic acids is 1. The summed E-state index contributed by atoms with van der Waals surface area (Å²) in [6.07, 6.45) is 0.430. The molecule has 3 nitrogen and oxygen atoms in total. The number of hydrogen-bond donors (Lipinski definition) is 1. The number of aryl methyl sites for hydroxylation is 1. The molecule has 4 heteroatoms. The highest BCUT2D eigenvalue weighted by Crippen LogP contribution is 2.29. The van der Waals surface area contributed by atoms with Crippen LogP contribution in [0.15, 0.2) is 53.4 Å². The maximum absolute atomic E-state index is 11.5. The highest BCUT2D eigenvalue weighted by atomic mass is 32.2. The molecule has 1 atom stereocenters. The van der Waals surface area contributed by atoms with E-state index in [9.17, 15) is 9.90 Å². The van der Waals surface area contributed by atoms with Gasteiger partial charge in [-0.3, -0.25) is 4.79 Å². The summed E-state index contributed by atoms with van der Waals surface area (Å²) in [5, 5.41) is 18.0. The average Bonchev–Trinajstić information content (AvgIpc) is 2.48. The molecule has 0 spiro atoms. The van der Waals surface area contributed by atoms with Gasteiger partial charge in [-0.05, 0) is 36.6 Å². The van der Waals surface area contributed by atoms with E-state index in [0.29, 0.717) is 12.0 Å². The van der Waals surface area contributed by atoms with Gasteiger partial charge in [-0.1, -0.05) is 36.4 Å². The molecular weight excluding hydrogens is 282 g/mol. The molecule has 2 rings (SSSR count). The average molecular weight is 297 g/mol. The van der Waals surface area contributed by atoms with E-state index in [0.717, 1.165) is 16.0 Å². The van der Waals surface area contributed by atoms with Crippen LogP contribution in [0.3, 0.4) is 0 Å². The second-order valence-corrected chi connectivity index (χ2v) is 5.99. The lowest BCUT2D eigenvalue weighted by atomic mass is 10.1. The Balaban J connectivity index is 2.23. The largest absolute Gasteiger partial charge is 0.480 e. The fourth-order valence-corrected chi connectivity index (χ4v) is 3.16. The Morgan fingerprint density at radius 3 is 2.62 bits per heavy atom. The molecular formula is C17H15NO2S. The van der Waals surface area contributed by atoms with Crippen molar-refractivity contribution in [3.63, 3.8) is 0 Å². The van der Waals surface area contributed by atoms with Crippen LogP contribution in [0.2, 0.25) is 0 Å². The molecule has 0 bridgehead atoms. The van der Waals surface area contributed by atoms with E-state index in [1.165, 1.54) is 11.8 Å². The molecule has 106 valence electrons. The smallest absolute Gasteiger partial charge is 0.317 e. The number of aliphatic carboxylic acids is 1. The van der Waals surface area contributed by atoms with Crippen LogP contribution in [0.25, 0.3) is 0 Å². The van der Waals surface area contributed by atoms with Gasteiger partial charge in [0.1, 0.15) is 11.3 Å². The summed E-state index contributed by atoms with van der Waals surface area (Å²) < 4.78 is 0. The van der Waals surface area contributed by atoms with Gasteiger partial charge in [-0.25, -0.2) is 0 Å². The molecule has 0 aliphatic rings. The molecule has 0 aliphatic heterocycles. The van der Waals surface area contributed by atoms with Gasteiger partial charge in [0.25, 0.3) is 0 Å². The van der Waals surface area contributed by atoms with Crippen LogP contribution in [0.5, 0.6) is 0 Å². The van der Waals surface area contributed by atoms with Crippen LogP contribution in [-0.4, -0.2) is 16.3 Å². The molecule has 21 heavy (non-hydrogen) atoms. The zero-order chi connectivity index (χ0) is 15.2. The Bertz CT molecular complexity index is 677. The topological polar surface area (TPSA) is 61.1 Å². The van der Waals surface area contributed by atoms with Crippen molar-refractivity contribution >= 4 is 17.7 Å². The molecule has 0 amide bonds. The maximum atomic E-state index is 11.5. The van der Waals surface area contributed by atoms with Gasteiger partial charge in [0.2, 0.25) is 0 Å². The molecule has 1 N–H and O–H groups in total. The van der Waals surface area contributed by atoms with Crippen molar-refractivity contribution in [1.82, 2.24) is 0 Å². The Kier molecular flexibility index (Phi) is 5.02. The summed E-state index contributed by atoms with van der Waals surface area (Å²) in [6.45, 7) is 1.93. The quantitative estimate of drug-likeness (QED) is 0.856. The Hall–Kier alpha value is -2.25. The number of carboxylic acid groups (broad SMARTS) is 1. The van der Waals surface area contributed by atoms with E-state index in [1.54, 1.807) is 6.07 Å². The molecule has 0 aliphatic carbocycles. The molecule has 0 radical (unpaired) electrons. The SMILES string of the molecule is Cc1ccc(C#N)c(SC(Cc2ccccc2)C(=O)O)c1. The minimum atomic E-state index is -0.866. The third kappa shape index (κ3) is 4.11. The lowest BCUT2D eigenvalue weighted by Crippen LogP contribution is -2.19. The van der Waals surface area contributed by atoms with Crippen molar-refractivity contribution in [1.29, 1.82) is 5.26 Å². The van der Waals surface area contributed by atoms with Crippen LogP contribution in [-0.2, 0) is 11.2 Å². The normalized spacial score (nSPS) is 11.6. The van der Waals surface area contributed by atoms with Crippen LogP contribution in [0.4, 0.5) is 0 Å². The Labute approximate surface area is 128 Å². The van der Waals surface area contributed by atoms with E-state index in [-0.39, 0.29) is 0 Å². The van der Waals surface area contributed by atoms with Crippen LogP contribution in [0, 0.1) is 18.3 Å². The Morgan fingerprint density at radius 2 is 2.00 bits per heavy atom. The first kappa shape index (κ1) is 15.1. The molecule has 2 aromatic rings. The van der Waals surface area contributed by atoms with Crippen molar-refractivity contribution in [2.75, 3.05) is 0 Å². The van der Waals surface area contributed by atoms with Crippen molar-refractivity contribution in [2.24, 2.45) is 0 Å². The van der Waals surface area contributed by atoms with E-state index in [1.807, 2.05) is 49.4 Å². The van der Waals surface area contributed by atoms with E-state index < -0.39 is 11.2 Å². The first-order chi connectivity index (χ1) is 10.1. The van der Waals surface area contributed by atoms with Crippen LogP contribution < -0.4 is 0 Å².